The number of halogens is 4. The Morgan fingerprint density at radius 1 is 1.37 bits per heavy atom. The molecule has 7 heteroatoms. The fourth-order valence-corrected chi connectivity index (χ4v) is 3.03. The Labute approximate surface area is 121 Å². The van der Waals surface area contributed by atoms with Crippen molar-refractivity contribution in [1.82, 2.24) is 9.55 Å². The lowest BCUT2D eigenvalue weighted by Crippen LogP contribution is -2.10. The zero-order valence-corrected chi connectivity index (χ0v) is 12.3. The Balaban J connectivity index is 2.62. The number of alkyl halides is 3. The van der Waals surface area contributed by atoms with Gasteiger partial charge in [0.25, 0.3) is 0 Å². The minimum absolute atomic E-state index is 0.0670. The average Bonchev–Trinajstić information content (AvgIpc) is 2.83. The van der Waals surface area contributed by atoms with E-state index in [0.717, 1.165) is 0 Å². The highest BCUT2D eigenvalue weighted by molar-refractivity contribution is 9.10. The number of imidazole rings is 1. The molecular formula is C12H10BrF3N2S. The van der Waals surface area contributed by atoms with Crippen molar-refractivity contribution in [2.24, 2.45) is 0 Å². The van der Waals surface area contributed by atoms with E-state index in [1.165, 1.54) is 47.2 Å². The first kappa shape index (κ1) is 14.5. The monoisotopic (exact) mass is 350 g/mol. The number of aromatic nitrogens is 2. The van der Waals surface area contributed by atoms with Gasteiger partial charge in [-0.25, -0.2) is 4.98 Å². The maximum atomic E-state index is 13.1. The molecule has 2 rings (SSSR count). The van der Waals surface area contributed by atoms with Crippen molar-refractivity contribution >= 4 is 27.7 Å². The van der Waals surface area contributed by atoms with Crippen LogP contribution >= 0.6 is 27.7 Å². The summed E-state index contributed by atoms with van der Waals surface area (Å²) >= 11 is 4.68. The lowest BCUT2D eigenvalue weighted by molar-refractivity contribution is -0.137. The number of rotatable bonds is 3. The largest absolute Gasteiger partial charge is 0.418 e. The predicted octanol–water partition coefficient (Wildman–Crippen LogP) is 4.77. The van der Waals surface area contributed by atoms with Crippen LogP contribution < -0.4 is 0 Å². The molecule has 0 aliphatic rings. The van der Waals surface area contributed by atoms with Gasteiger partial charge in [0.1, 0.15) is 0 Å². The first-order valence-electron chi connectivity index (χ1n) is 5.45. The van der Waals surface area contributed by atoms with E-state index in [4.69, 9.17) is 0 Å². The molecule has 0 saturated heterocycles. The molecule has 0 atom stereocenters. The maximum absolute atomic E-state index is 13.1. The molecule has 2 aromatic rings. The third kappa shape index (κ3) is 3.14. The van der Waals surface area contributed by atoms with Crippen molar-refractivity contribution in [3.63, 3.8) is 0 Å². The van der Waals surface area contributed by atoms with Crippen LogP contribution in [0.4, 0.5) is 13.2 Å². The normalized spacial score (nSPS) is 11.8. The Morgan fingerprint density at radius 2 is 2.11 bits per heavy atom. The van der Waals surface area contributed by atoms with Gasteiger partial charge in [0.2, 0.25) is 0 Å². The fraction of sp³-hybridized carbons (Fsp3) is 0.250. The highest BCUT2D eigenvalue weighted by atomic mass is 79.9. The van der Waals surface area contributed by atoms with Crippen molar-refractivity contribution in [2.75, 3.05) is 5.75 Å². The van der Waals surface area contributed by atoms with Gasteiger partial charge in [0.05, 0.1) is 17.6 Å². The lowest BCUT2D eigenvalue weighted by Gasteiger charge is -2.16. The summed E-state index contributed by atoms with van der Waals surface area (Å²) in [6.45, 7) is 1.90. The first-order valence-corrected chi connectivity index (χ1v) is 7.23. The standard InChI is InChI=1S/C12H10BrF3N2S/c1-2-19-11-5-8(12(14,15)16)10(6-9(11)13)18-4-3-17-7-18/h3-7H,2H2,1H3. The number of nitrogens with zero attached hydrogens (tertiary/aromatic N) is 2. The molecule has 0 amide bonds. The SMILES string of the molecule is CCSc1cc(C(F)(F)F)c(-n2ccnc2)cc1Br. The minimum atomic E-state index is -4.40. The molecule has 0 unspecified atom stereocenters. The zero-order valence-electron chi connectivity index (χ0n) is 9.91. The highest BCUT2D eigenvalue weighted by Gasteiger charge is 2.34. The molecule has 19 heavy (non-hydrogen) atoms. The number of thioether (sulfide) groups is 1. The van der Waals surface area contributed by atoms with Gasteiger partial charge >= 0.3 is 6.18 Å². The van der Waals surface area contributed by atoms with Crippen LogP contribution in [0.15, 0.2) is 40.2 Å². The summed E-state index contributed by atoms with van der Waals surface area (Å²) < 4.78 is 41.4. The molecule has 102 valence electrons. The van der Waals surface area contributed by atoms with E-state index >= 15 is 0 Å². The van der Waals surface area contributed by atoms with Gasteiger partial charge in [-0.15, -0.1) is 11.8 Å². The van der Waals surface area contributed by atoms with Crippen LogP contribution in [-0.4, -0.2) is 15.3 Å². The van der Waals surface area contributed by atoms with Crippen LogP contribution in [0.1, 0.15) is 12.5 Å². The Kier molecular flexibility index (Phi) is 4.25. The van der Waals surface area contributed by atoms with E-state index in [9.17, 15) is 13.2 Å². The van der Waals surface area contributed by atoms with E-state index in [-0.39, 0.29) is 5.69 Å². The first-order chi connectivity index (χ1) is 8.93. The molecule has 0 bridgehead atoms. The van der Waals surface area contributed by atoms with Gasteiger partial charge in [-0.05, 0) is 33.8 Å². The zero-order chi connectivity index (χ0) is 14.0. The quantitative estimate of drug-likeness (QED) is 0.742. The third-order valence-corrected chi connectivity index (χ3v) is 4.29. The minimum Gasteiger partial charge on any atom is -0.306 e. The van der Waals surface area contributed by atoms with Crippen LogP contribution in [0.3, 0.4) is 0 Å². The van der Waals surface area contributed by atoms with Crippen molar-refractivity contribution in [2.45, 2.75) is 18.0 Å². The molecule has 0 aliphatic heterocycles. The number of hydrogen-bond donors (Lipinski definition) is 0. The van der Waals surface area contributed by atoms with E-state index in [2.05, 4.69) is 20.9 Å². The smallest absolute Gasteiger partial charge is 0.306 e. The average molecular weight is 351 g/mol. The number of benzene rings is 1. The van der Waals surface area contributed by atoms with E-state index in [1.54, 1.807) is 0 Å². The third-order valence-electron chi connectivity index (χ3n) is 2.44. The van der Waals surface area contributed by atoms with Gasteiger partial charge in [-0.3, -0.25) is 0 Å². The molecule has 0 fully saturated rings. The molecule has 0 radical (unpaired) electrons. The molecule has 0 N–H and O–H groups in total. The number of hydrogen-bond acceptors (Lipinski definition) is 2. The second-order valence-corrected chi connectivity index (χ2v) is 5.86. The van der Waals surface area contributed by atoms with E-state index < -0.39 is 11.7 Å². The van der Waals surface area contributed by atoms with Crippen LogP contribution in [-0.2, 0) is 6.18 Å². The molecule has 1 aromatic heterocycles. The van der Waals surface area contributed by atoms with Crippen LogP contribution in [0.25, 0.3) is 5.69 Å². The summed E-state index contributed by atoms with van der Waals surface area (Å²) in [4.78, 5) is 4.37. The fourth-order valence-electron chi connectivity index (χ4n) is 1.65. The van der Waals surface area contributed by atoms with Gasteiger partial charge in [0.15, 0.2) is 0 Å². The van der Waals surface area contributed by atoms with Crippen LogP contribution in [0.2, 0.25) is 0 Å². The Hall–Kier alpha value is -0.950. The van der Waals surface area contributed by atoms with Crippen molar-refractivity contribution < 1.29 is 13.2 Å². The molecular weight excluding hydrogens is 341 g/mol. The summed E-state index contributed by atoms with van der Waals surface area (Å²) in [7, 11) is 0. The Morgan fingerprint density at radius 3 is 2.63 bits per heavy atom. The van der Waals surface area contributed by atoms with Crippen molar-refractivity contribution in [3.8, 4) is 5.69 Å². The molecule has 1 aromatic carbocycles. The van der Waals surface area contributed by atoms with Crippen LogP contribution in [0.5, 0.6) is 0 Å². The summed E-state index contributed by atoms with van der Waals surface area (Å²) in [6.07, 6.45) is -0.112. The summed E-state index contributed by atoms with van der Waals surface area (Å²) in [5.41, 5.74) is -0.595. The topological polar surface area (TPSA) is 17.8 Å². The van der Waals surface area contributed by atoms with Crippen molar-refractivity contribution in [1.29, 1.82) is 0 Å². The maximum Gasteiger partial charge on any atom is 0.418 e. The predicted molar refractivity (Wildman–Crippen MR) is 72.7 cm³/mol. The second kappa shape index (κ2) is 5.58. The van der Waals surface area contributed by atoms with Gasteiger partial charge in [0, 0.05) is 21.8 Å². The van der Waals surface area contributed by atoms with Crippen molar-refractivity contribution in [3.05, 3.63) is 40.9 Å². The Bertz CT molecular complexity index is 567. The lowest BCUT2D eigenvalue weighted by atomic mass is 10.1. The second-order valence-electron chi connectivity index (χ2n) is 3.70. The highest BCUT2D eigenvalue weighted by Crippen LogP contribution is 2.39. The molecule has 0 spiro atoms. The molecule has 2 nitrogen and oxygen atoms in total. The van der Waals surface area contributed by atoms with E-state index in [1.807, 2.05) is 6.92 Å². The molecule has 1 heterocycles. The van der Waals surface area contributed by atoms with Gasteiger partial charge in [-0.1, -0.05) is 6.92 Å². The van der Waals surface area contributed by atoms with Crippen LogP contribution in [0, 0.1) is 0 Å². The van der Waals surface area contributed by atoms with Gasteiger partial charge < -0.3 is 4.57 Å². The summed E-state index contributed by atoms with van der Waals surface area (Å²) in [5.74, 6) is 0.709. The molecule has 0 saturated carbocycles. The van der Waals surface area contributed by atoms with Gasteiger partial charge in [-0.2, -0.15) is 13.2 Å². The molecule has 0 aliphatic carbocycles. The summed E-state index contributed by atoms with van der Waals surface area (Å²) in [6, 6.07) is 2.65. The van der Waals surface area contributed by atoms with E-state index in [0.29, 0.717) is 15.1 Å². The summed E-state index contributed by atoms with van der Waals surface area (Å²) in [5, 5.41) is 0.